The third-order valence-corrected chi connectivity index (χ3v) is 3.69. The Balaban J connectivity index is 2.25. The van der Waals surface area contributed by atoms with E-state index < -0.39 is 0 Å². The van der Waals surface area contributed by atoms with E-state index in [0.29, 0.717) is 16.5 Å². The quantitative estimate of drug-likeness (QED) is 0.583. The number of nitrogen functional groups attached to an aromatic ring is 1. The summed E-state index contributed by atoms with van der Waals surface area (Å²) in [5, 5.41) is 3.32. The molecule has 0 aliphatic carbocycles. The van der Waals surface area contributed by atoms with Crippen LogP contribution in [0.25, 0.3) is 0 Å². The first-order valence-electron chi connectivity index (χ1n) is 5.72. The fourth-order valence-electron chi connectivity index (χ4n) is 1.57. The molecule has 0 unspecified atom stereocenters. The summed E-state index contributed by atoms with van der Waals surface area (Å²) in [6.07, 6.45) is 0. The van der Waals surface area contributed by atoms with Crippen molar-refractivity contribution in [3.05, 3.63) is 51.1 Å². The Kier molecular flexibility index (Phi) is 4.59. The highest BCUT2D eigenvalue weighted by Gasteiger charge is 2.11. The van der Waals surface area contributed by atoms with Crippen LogP contribution >= 0.6 is 27.5 Å². The van der Waals surface area contributed by atoms with Crippen LogP contribution < -0.4 is 16.6 Å². The molecule has 1 heterocycles. The number of halogens is 2. The lowest BCUT2D eigenvalue weighted by Gasteiger charge is -2.09. The molecule has 0 atom stereocenters. The van der Waals surface area contributed by atoms with Crippen molar-refractivity contribution in [3.8, 4) is 0 Å². The summed E-state index contributed by atoms with van der Waals surface area (Å²) < 4.78 is 0.751. The monoisotopic (exact) mass is 354 g/mol. The van der Waals surface area contributed by atoms with Gasteiger partial charge < -0.3 is 10.7 Å². The number of carbonyl (C=O) groups is 1. The molecule has 5 nitrogen and oxygen atoms in total. The summed E-state index contributed by atoms with van der Waals surface area (Å²) in [6, 6.07) is 8.47. The van der Waals surface area contributed by atoms with Crippen LogP contribution in [0.3, 0.4) is 0 Å². The van der Waals surface area contributed by atoms with Gasteiger partial charge in [0.2, 0.25) is 0 Å². The average Bonchev–Trinajstić information content (AvgIpc) is 2.44. The molecule has 0 saturated carbocycles. The second kappa shape index (κ2) is 6.21. The van der Waals surface area contributed by atoms with Crippen molar-refractivity contribution in [2.24, 2.45) is 5.84 Å². The number of amides is 1. The van der Waals surface area contributed by atoms with Crippen LogP contribution in [0.5, 0.6) is 0 Å². The molecule has 4 N–H and O–H groups in total. The molecule has 0 spiro atoms. The summed E-state index contributed by atoms with van der Waals surface area (Å²) in [5.74, 6) is 5.33. The smallest absolute Gasteiger partial charge is 0.274 e. The molecular formula is C13H12BrClN4O. The Hall–Kier alpha value is -1.63. The Bertz CT molecular complexity index is 663. The van der Waals surface area contributed by atoms with Crippen molar-refractivity contribution < 1.29 is 4.79 Å². The molecule has 0 radical (unpaired) electrons. The van der Waals surface area contributed by atoms with E-state index in [1.165, 1.54) is 0 Å². The van der Waals surface area contributed by atoms with E-state index >= 15 is 0 Å². The molecule has 0 aliphatic heterocycles. The van der Waals surface area contributed by atoms with Crippen molar-refractivity contribution in [3.63, 3.8) is 0 Å². The number of rotatable bonds is 3. The predicted molar refractivity (Wildman–Crippen MR) is 83.9 cm³/mol. The number of aromatic nitrogens is 1. The molecule has 104 valence electrons. The lowest BCUT2D eigenvalue weighted by atomic mass is 10.2. The highest BCUT2D eigenvalue weighted by Crippen LogP contribution is 2.29. The largest absolute Gasteiger partial charge is 0.320 e. The first-order valence-corrected chi connectivity index (χ1v) is 6.89. The van der Waals surface area contributed by atoms with Crippen molar-refractivity contribution in [1.82, 2.24) is 4.98 Å². The lowest BCUT2D eigenvalue weighted by molar-refractivity contribution is 0.102. The number of pyridine rings is 1. The number of hydrogen-bond acceptors (Lipinski definition) is 4. The summed E-state index contributed by atoms with van der Waals surface area (Å²) in [5.41, 5.74) is 4.15. The van der Waals surface area contributed by atoms with E-state index in [2.05, 4.69) is 31.7 Å². The minimum absolute atomic E-state index is 0.254. The van der Waals surface area contributed by atoms with Crippen LogP contribution in [0, 0.1) is 6.92 Å². The van der Waals surface area contributed by atoms with Crippen LogP contribution in [0.1, 0.15) is 16.1 Å². The zero-order chi connectivity index (χ0) is 14.7. The molecule has 0 bridgehead atoms. The number of hydrazine groups is 1. The second-order valence-electron chi connectivity index (χ2n) is 4.09. The van der Waals surface area contributed by atoms with E-state index in [0.717, 1.165) is 10.0 Å². The van der Waals surface area contributed by atoms with E-state index in [1.54, 1.807) is 24.3 Å². The van der Waals surface area contributed by atoms with Gasteiger partial charge in [-0.1, -0.05) is 17.7 Å². The second-order valence-corrected chi connectivity index (χ2v) is 5.35. The van der Waals surface area contributed by atoms with Gasteiger partial charge in [-0.25, -0.2) is 10.8 Å². The summed E-state index contributed by atoms with van der Waals surface area (Å²) in [7, 11) is 0. The fraction of sp³-hybridized carbons (Fsp3) is 0.0769. The van der Waals surface area contributed by atoms with Gasteiger partial charge in [-0.2, -0.15) is 0 Å². The van der Waals surface area contributed by atoms with E-state index in [9.17, 15) is 4.79 Å². The molecule has 0 fully saturated rings. The number of nitrogens with one attached hydrogen (secondary N) is 2. The van der Waals surface area contributed by atoms with E-state index in [4.69, 9.17) is 17.4 Å². The van der Waals surface area contributed by atoms with Crippen molar-refractivity contribution in [2.45, 2.75) is 6.92 Å². The maximum Gasteiger partial charge on any atom is 0.274 e. The van der Waals surface area contributed by atoms with E-state index in [1.807, 2.05) is 13.0 Å². The van der Waals surface area contributed by atoms with Gasteiger partial charge in [-0.15, -0.1) is 0 Å². The summed E-state index contributed by atoms with van der Waals surface area (Å²) in [4.78, 5) is 16.2. The SMILES string of the molecule is Cc1cc(Br)c(NC(=O)c2cccc(NN)n2)cc1Cl. The van der Waals surface area contributed by atoms with Crippen LogP contribution in [0.4, 0.5) is 11.5 Å². The topological polar surface area (TPSA) is 80.0 Å². The minimum atomic E-state index is -0.345. The van der Waals surface area contributed by atoms with Gasteiger partial charge in [-0.05, 0) is 52.7 Å². The number of aryl methyl sites for hydroxylation is 1. The van der Waals surface area contributed by atoms with Crippen LogP contribution in [0.2, 0.25) is 5.02 Å². The molecule has 1 amide bonds. The number of benzene rings is 1. The third-order valence-electron chi connectivity index (χ3n) is 2.63. The van der Waals surface area contributed by atoms with Gasteiger partial charge in [0.1, 0.15) is 11.5 Å². The first kappa shape index (κ1) is 14.8. The molecule has 0 saturated heterocycles. The zero-order valence-corrected chi connectivity index (χ0v) is 12.9. The maximum atomic E-state index is 12.1. The van der Waals surface area contributed by atoms with Gasteiger partial charge in [0, 0.05) is 9.50 Å². The van der Waals surface area contributed by atoms with Crippen LogP contribution in [-0.4, -0.2) is 10.9 Å². The molecule has 2 aromatic rings. The zero-order valence-electron chi connectivity index (χ0n) is 10.6. The molecule has 0 aliphatic rings. The van der Waals surface area contributed by atoms with Gasteiger partial charge in [-0.3, -0.25) is 4.79 Å². The molecule has 20 heavy (non-hydrogen) atoms. The van der Waals surface area contributed by atoms with Crippen LogP contribution in [0.15, 0.2) is 34.8 Å². The number of hydrogen-bond donors (Lipinski definition) is 3. The van der Waals surface area contributed by atoms with Crippen molar-refractivity contribution in [1.29, 1.82) is 0 Å². The van der Waals surface area contributed by atoms with Gasteiger partial charge in [0.15, 0.2) is 0 Å². The predicted octanol–water partition coefficient (Wildman–Crippen LogP) is 3.34. The Morgan fingerprint density at radius 2 is 2.15 bits per heavy atom. The molecule has 1 aromatic carbocycles. The number of nitrogens with zero attached hydrogens (tertiary/aromatic N) is 1. The van der Waals surface area contributed by atoms with Gasteiger partial charge in [0.25, 0.3) is 5.91 Å². The van der Waals surface area contributed by atoms with E-state index in [-0.39, 0.29) is 11.6 Å². The highest BCUT2D eigenvalue weighted by atomic mass is 79.9. The lowest BCUT2D eigenvalue weighted by Crippen LogP contribution is -2.16. The fourth-order valence-corrected chi connectivity index (χ4v) is 2.29. The van der Waals surface area contributed by atoms with Gasteiger partial charge in [0.05, 0.1) is 5.69 Å². The normalized spacial score (nSPS) is 10.2. The molecular weight excluding hydrogens is 344 g/mol. The third kappa shape index (κ3) is 3.27. The Labute approximate surface area is 129 Å². The molecule has 2 rings (SSSR count). The van der Waals surface area contributed by atoms with Crippen molar-refractivity contribution >= 4 is 44.9 Å². The van der Waals surface area contributed by atoms with Crippen LogP contribution in [-0.2, 0) is 0 Å². The average molecular weight is 356 g/mol. The van der Waals surface area contributed by atoms with Crippen molar-refractivity contribution in [2.75, 3.05) is 10.7 Å². The number of anilines is 2. The molecule has 7 heteroatoms. The highest BCUT2D eigenvalue weighted by molar-refractivity contribution is 9.10. The standard InChI is InChI=1S/C13H12BrClN4O/c1-7-5-8(14)11(6-9(7)15)18-13(20)10-3-2-4-12(17-10)19-16/h2-6H,16H2,1H3,(H,17,19)(H,18,20). The summed E-state index contributed by atoms with van der Waals surface area (Å²) >= 11 is 9.43. The summed E-state index contributed by atoms with van der Waals surface area (Å²) in [6.45, 7) is 1.89. The minimum Gasteiger partial charge on any atom is -0.320 e. The maximum absolute atomic E-state index is 12.1. The Morgan fingerprint density at radius 3 is 2.85 bits per heavy atom. The van der Waals surface area contributed by atoms with Gasteiger partial charge >= 0.3 is 0 Å². The molecule has 1 aromatic heterocycles. The Morgan fingerprint density at radius 1 is 1.40 bits per heavy atom. The first-order chi connectivity index (χ1) is 9.51. The number of nitrogens with two attached hydrogens (primary N) is 1. The number of carbonyl (C=O) groups excluding carboxylic acids is 1.